The molecule has 190 valence electrons. The number of hydrogen-bond donors (Lipinski definition) is 3. The van der Waals surface area contributed by atoms with E-state index in [0.717, 1.165) is 16.8 Å². The normalized spacial score (nSPS) is 10.4. The average molecular weight is 501 g/mol. The van der Waals surface area contributed by atoms with Crippen molar-refractivity contribution in [1.29, 1.82) is 0 Å². The Morgan fingerprint density at radius 2 is 1.57 bits per heavy atom. The molecule has 0 bridgehead atoms. The number of aryl methyl sites for hydroxylation is 2. The first-order chi connectivity index (χ1) is 17.9. The highest BCUT2D eigenvalue weighted by Crippen LogP contribution is 2.20. The van der Waals surface area contributed by atoms with Crippen molar-refractivity contribution in [3.8, 4) is 11.5 Å². The Labute approximate surface area is 215 Å². The molecular formula is C28H28N4O5. The highest BCUT2D eigenvalue weighted by Gasteiger charge is 2.13. The summed E-state index contributed by atoms with van der Waals surface area (Å²) in [5.74, 6) is -1.15. The summed E-state index contributed by atoms with van der Waals surface area (Å²) in [6.45, 7) is 7.55. The van der Waals surface area contributed by atoms with Gasteiger partial charge in [0.15, 0.2) is 6.61 Å². The number of hydrogen-bond acceptors (Lipinski definition) is 6. The van der Waals surface area contributed by atoms with Crippen molar-refractivity contribution in [3.05, 3.63) is 96.1 Å². The number of anilines is 2. The first-order valence-corrected chi connectivity index (χ1v) is 11.4. The van der Waals surface area contributed by atoms with Crippen molar-refractivity contribution < 1.29 is 23.9 Å². The van der Waals surface area contributed by atoms with E-state index in [1.54, 1.807) is 54.6 Å². The van der Waals surface area contributed by atoms with Gasteiger partial charge in [-0.15, -0.1) is 0 Å². The number of rotatable bonds is 10. The molecule has 3 rings (SSSR count). The first-order valence-electron chi connectivity index (χ1n) is 11.4. The maximum Gasteiger partial charge on any atom is 0.329 e. The minimum Gasteiger partial charge on any atom is -0.490 e. The maximum absolute atomic E-state index is 12.4. The molecule has 3 amide bonds. The molecule has 3 aromatic carbocycles. The molecule has 0 heterocycles. The molecule has 3 aromatic rings. The lowest BCUT2D eigenvalue weighted by Crippen LogP contribution is -2.32. The van der Waals surface area contributed by atoms with Crippen LogP contribution in [-0.4, -0.2) is 37.1 Å². The molecule has 0 saturated heterocycles. The van der Waals surface area contributed by atoms with E-state index in [0.29, 0.717) is 29.4 Å². The molecule has 37 heavy (non-hydrogen) atoms. The summed E-state index contributed by atoms with van der Waals surface area (Å²) >= 11 is 0. The van der Waals surface area contributed by atoms with Gasteiger partial charge in [-0.3, -0.25) is 14.4 Å². The van der Waals surface area contributed by atoms with Gasteiger partial charge in [0, 0.05) is 16.9 Å². The van der Waals surface area contributed by atoms with Crippen LogP contribution in [0.5, 0.6) is 11.5 Å². The molecule has 9 nitrogen and oxygen atoms in total. The second kappa shape index (κ2) is 13.2. The van der Waals surface area contributed by atoms with E-state index in [-0.39, 0.29) is 12.5 Å². The van der Waals surface area contributed by atoms with Gasteiger partial charge in [0.1, 0.15) is 18.1 Å². The summed E-state index contributed by atoms with van der Waals surface area (Å²) in [5.41, 5.74) is 5.77. The Hall–Kier alpha value is -4.92. The lowest BCUT2D eigenvalue weighted by atomic mass is 10.1. The monoisotopic (exact) mass is 500 g/mol. The number of nitrogens with one attached hydrogen (secondary N) is 3. The third-order valence-corrected chi connectivity index (χ3v) is 5.08. The van der Waals surface area contributed by atoms with E-state index in [2.05, 4.69) is 27.7 Å². The number of carbonyl (C=O) groups is 3. The molecule has 0 aromatic heterocycles. The van der Waals surface area contributed by atoms with Crippen LogP contribution in [0.3, 0.4) is 0 Å². The predicted octanol–water partition coefficient (Wildman–Crippen LogP) is 3.97. The maximum atomic E-state index is 12.4. The highest BCUT2D eigenvalue weighted by molar-refractivity contribution is 6.39. The van der Waals surface area contributed by atoms with E-state index >= 15 is 0 Å². The Morgan fingerprint density at radius 3 is 2.27 bits per heavy atom. The van der Waals surface area contributed by atoms with Crippen LogP contribution >= 0.6 is 0 Å². The summed E-state index contributed by atoms with van der Waals surface area (Å²) in [4.78, 5) is 36.7. The minimum absolute atomic E-state index is 0.217. The molecule has 0 saturated carbocycles. The predicted molar refractivity (Wildman–Crippen MR) is 143 cm³/mol. The number of carbonyl (C=O) groups excluding carboxylic acids is 3. The van der Waals surface area contributed by atoms with E-state index in [4.69, 9.17) is 9.47 Å². The third-order valence-electron chi connectivity index (χ3n) is 5.08. The second-order valence-corrected chi connectivity index (χ2v) is 7.92. The van der Waals surface area contributed by atoms with Crippen LogP contribution in [0.4, 0.5) is 11.4 Å². The molecule has 0 fully saturated rings. The Bertz CT molecular complexity index is 1280. The first kappa shape index (κ1) is 26.7. The number of benzene rings is 3. The van der Waals surface area contributed by atoms with Gasteiger partial charge < -0.3 is 20.1 Å². The Kier molecular flexibility index (Phi) is 9.55. The molecule has 9 heteroatoms. The zero-order chi connectivity index (χ0) is 26.6. The second-order valence-electron chi connectivity index (χ2n) is 7.92. The number of ether oxygens (including phenoxy) is 2. The van der Waals surface area contributed by atoms with Crippen molar-refractivity contribution in [2.75, 3.05) is 23.8 Å². The van der Waals surface area contributed by atoms with Crippen LogP contribution in [0.2, 0.25) is 0 Å². The smallest absolute Gasteiger partial charge is 0.329 e. The number of nitrogens with zero attached hydrogens (tertiary/aromatic N) is 1. The minimum atomic E-state index is -0.949. The van der Waals surface area contributed by atoms with Gasteiger partial charge in [-0.25, -0.2) is 5.43 Å². The number of hydrazone groups is 1. The van der Waals surface area contributed by atoms with Gasteiger partial charge in [0.2, 0.25) is 0 Å². The lowest BCUT2D eigenvalue weighted by molar-refractivity contribution is -0.136. The van der Waals surface area contributed by atoms with Crippen LogP contribution in [-0.2, 0) is 14.4 Å². The summed E-state index contributed by atoms with van der Waals surface area (Å²) in [6.07, 6.45) is 2.95. The van der Waals surface area contributed by atoms with Gasteiger partial charge in [0.25, 0.3) is 5.91 Å². The Balaban J connectivity index is 1.52. The van der Waals surface area contributed by atoms with Crippen LogP contribution in [0, 0.1) is 13.8 Å². The zero-order valence-corrected chi connectivity index (χ0v) is 20.6. The van der Waals surface area contributed by atoms with Crippen LogP contribution in [0.25, 0.3) is 0 Å². The van der Waals surface area contributed by atoms with E-state index in [9.17, 15) is 14.4 Å². The van der Waals surface area contributed by atoms with Crippen molar-refractivity contribution in [1.82, 2.24) is 5.43 Å². The summed E-state index contributed by atoms with van der Waals surface area (Å²) in [7, 11) is 0. The fourth-order valence-corrected chi connectivity index (χ4v) is 3.24. The van der Waals surface area contributed by atoms with Crippen LogP contribution in [0.1, 0.15) is 16.7 Å². The number of amides is 3. The van der Waals surface area contributed by atoms with Crippen molar-refractivity contribution in [2.24, 2.45) is 5.10 Å². The fraction of sp³-hybridized carbons (Fsp3) is 0.143. The van der Waals surface area contributed by atoms with Crippen molar-refractivity contribution in [3.63, 3.8) is 0 Å². The molecule has 0 spiro atoms. The third kappa shape index (κ3) is 8.07. The van der Waals surface area contributed by atoms with Crippen LogP contribution in [0.15, 0.2) is 84.5 Å². The van der Waals surface area contributed by atoms with E-state index < -0.39 is 11.8 Å². The topological polar surface area (TPSA) is 118 Å². The summed E-state index contributed by atoms with van der Waals surface area (Å²) in [6, 6.07) is 19.2. The standard InChI is InChI=1S/C28H28N4O5/c1-4-16-36-23-14-12-22(13-15-23)30-27(34)28(35)32-29-17-21-10-5-6-11-24(21)37-18-25(33)31-26-19(2)8-7-9-20(26)3/h4-15,17H,1,16,18H2,2-3H3,(H,30,34)(H,31,33)(H,32,35)/b29-17-. The highest BCUT2D eigenvalue weighted by atomic mass is 16.5. The van der Waals surface area contributed by atoms with E-state index in [1.165, 1.54) is 6.21 Å². The molecule has 0 radical (unpaired) electrons. The van der Waals surface area contributed by atoms with Gasteiger partial charge in [0.05, 0.1) is 6.21 Å². The molecular weight excluding hydrogens is 472 g/mol. The summed E-state index contributed by atoms with van der Waals surface area (Å²) in [5, 5.41) is 9.17. The quantitative estimate of drug-likeness (QED) is 0.168. The van der Waals surface area contributed by atoms with Crippen molar-refractivity contribution in [2.45, 2.75) is 13.8 Å². The SMILES string of the molecule is C=CCOc1ccc(NC(=O)C(=O)N/N=C\c2ccccc2OCC(=O)Nc2c(C)cccc2C)cc1. The lowest BCUT2D eigenvalue weighted by Gasteiger charge is -2.13. The number of para-hydroxylation sites is 2. The average Bonchev–Trinajstić information content (AvgIpc) is 2.89. The largest absolute Gasteiger partial charge is 0.490 e. The Morgan fingerprint density at radius 1 is 0.865 bits per heavy atom. The molecule has 0 aliphatic heterocycles. The zero-order valence-electron chi connectivity index (χ0n) is 20.6. The van der Waals surface area contributed by atoms with Crippen molar-refractivity contribution >= 4 is 35.3 Å². The molecule has 0 aliphatic carbocycles. The summed E-state index contributed by atoms with van der Waals surface area (Å²) < 4.78 is 11.0. The molecule has 3 N–H and O–H groups in total. The van der Waals surface area contributed by atoms with Gasteiger partial charge >= 0.3 is 11.8 Å². The fourth-order valence-electron chi connectivity index (χ4n) is 3.24. The molecule has 0 atom stereocenters. The van der Waals surface area contributed by atoms with E-state index in [1.807, 2.05) is 32.0 Å². The van der Waals surface area contributed by atoms with Gasteiger partial charge in [-0.1, -0.05) is 43.0 Å². The van der Waals surface area contributed by atoms with Gasteiger partial charge in [-0.2, -0.15) is 5.10 Å². The molecule has 0 unspecified atom stereocenters. The molecule has 0 aliphatic rings. The van der Waals surface area contributed by atoms with Crippen LogP contribution < -0.4 is 25.5 Å². The van der Waals surface area contributed by atoms with Gasteiger partial charge in [-0.05, 0) is 61.4 Å².